The monoisotopic (exact) mass is 280 g/mol. The molecule has 0 radical (unpaired) electrons. The first-order valence-electron chi connectivity index (χ1n) is 6.96. The van der Waals surface area contributed by atoms with Crippen LogP contribution >= 0.6 is 11.8 Å². The van der Waals surface area contributed by atoms with Crippen molar-refractivity contribution in [2.24, 2.45) is 5.92 Å². The van der Waals surface area contributed by atoms with Crippen molar-refractivity contribution in [3.8, 4) is 0 Å². The molecular weight excluding hydrogens is 260 g/mol. The SMILES string of the molecule is O=C(Nc1cnn(C2CCNCC2)c1)C1CCSC1. The fraction of sp³-hybridized carbons (Fsp3) is 0.692. The van der Waals surface area contributed by atoms with Crippen LogP contribution < -0.4 is 10.6 Å². The predicted octanol–water partition coefficient (Wildman–Crippen LogP) is 1.50. The average Bonchev–Trinajstić information content (AvgIpc) is 3.11. The molecule has 1 aromatic rings. The molecule has 2 aliphatic rings. The van der Waals surface area contributed by atoms with Gasteiger partial charge < -0.3 is 10.6 Å². The number of rotatable bonds is 3. The van der Waals surface area contributed by atoms with Gasteiger partial charge in [0, 0.05) is 17.9 Å². The van der Waals surface area contributed by atoms with E-state index in [2.05, 4.69) is 15.7 Å². The van der Waals surface area contributed by atoms with Crippen molar-refractivity contribution >= 4 is 23.4 Å². The Balaban J connectivity index is 1.59. The molecule has 0 aromatic carbocycles. The molecule has 0 aliphatic carbocycles. The van der Waals surface area contributed by atoms with Crippen LogP contribution in [0.3, 0.4) is 0 Å². The standard InChI is InChI=1S/C13H20N4OS/c18-13(10-3-6-19-9-10)16-11-7-15-17(8-11)12-1-4-14-5-2-12/h7-8,10,12,14H,1-6,9H2,(H,16,18). The van der Waals surface area contributed by atoms with Crippen molar-refractivity contribution in [2.75, 3.05) is 29.9 Å². The summed E-state index contributed by atoms with van der Waals surface area (Å²) in [7, 11) is 0. The van der Waals surface area contributed by atoms with E-state index < -0.39 is 0 Å². The summed E-state index contributed by atoms with van der Waals surface area (Å²) in [6.45, 7) is 2.09. The van der Waals surface area contributed by atoms with E-state index in [1.54, 1.807) is 6.20 Å². The van der Waals surface area contributed by atoms with Crippen LogP contribution in [-0.2, 0) is 4.79 Å². The number of piperidine rings is 1. The summed E-state index contributed by atoms with van der Waals surface area (Å²) in [5, 5.41) is 10.7. The molecule has 2 fully saturated rings. The van der Waals surface area contributed by atoms with Gasteiger partial charge in [-0.2, -0.15) is 16.9 Å². The van der Waals surface area contributed by atoms with E-state index in [0.29, 0.717) is 6.04 Å². The van der Waals surface area contributed by atoms with Gasteiger partial charge in [0.05, 0.1) is 17.9 Å². The molecule has 3 heterocycles. The first-order chi connectivity index (χ1) is 9.33. The van der Waals surface area contributed by atoms with Gasteiger partial charge in [0.2, 0.25) is 5.91 Å². The third kappa shape index (κ3) is 3.12. The van der Waals surface area contributed by atoms with Crippen LogP contribution in [0.5, 0.6) is 0 Å². The van der Waals surface area contributed by atoms with E-state index in [4.69, 9.17) is 0 Å². The molecule has 1 aromatic heterocycles. The fourth-order valence-corrected chi connectivity index (χ4v) is 3.88. The lowest BCUT2D eigenvalue weighted by Gasteiger charge is -2.22. The second-order valence-electron chi connectivity index (χ2n) is 5.24. The molecule has 19 heavy (non-hydrogen) atoms. The third-order valence-electron chi connectivity index (χ3n) is 3.85. The Morgan fingerprint density at radius 1 is 1.42 bits per heavy atom. The van der Waals surface area contributed by atoms with Crippen molar-refractivity contribution in [1.82, 2.24) is 15.1 Å². The Kier molecular flexibility index (Phi) is 4.08. The van der Waals surface area contributed by atoms with Gasteiger partial charge in [-0.15, -0.1) is 0 Å². The lowest BCUT2D eigenvalue weighted by atomic mass is 10.1. The summed E-state index contributed by atoms with van der Waals surface area (Å²) in [5.41, 5.74) is 0.834. The minimum absolute atomic E-state index is 0.148. The number of hydrogen-bond acceptors (Lipinski definition) is 4. The van der Waals surface area contributed by atoms with E-state index in [1.165, 1.54) is 0 Å². The molecule has 2 saturated heterocycles. The summed E-state index contributed by atoms with van der Waals surface area (Å²) in [4.78, 5) is 12.0. The highest BCUT2D eigenvalue weighted by Gasteiger charge is 2.23. The van der Waals surface area contributed by atoms with Crippen LogP contribution in [0, 0.1) is 5.92 Å². The van der Waals surface area contributed by atoms with Crippen molar-refractivity contribution in [1.29, 1.82) is 0 Å². The normalized spacial score (nSPS) is 24.5. The molecule has 1 unspecified atom stereocenters. The molecule has 1 atom stereocenters. The van der Waals surface area contributed by atoms with E-state index in [0.717, 1.165) is 49.5 Å². The van der Waals surface area contributed by atoms with Crippen molar-refractivity contribution in [3.05, 3.63) is 12.4 Å². The number of anilines is 1. The lowest BCUT2D eigenvalue weighted by molar-refractivity contribution is -0.119. The second kappa shape index (κ2) is 5.96. The zero-order chi connectivity index (χ0) is 13.1. The Morgan fingerprint density at radius 3 is 3.00 bits per heavy atom. The Bertz CT molecular complexity index is 436. The number of nitrogens with zero attached hydrogens (tertiary/aromatic N) is 2. The lowest BCUT2D eigenvalue weighted by Crippen LogP contribution is -2.29. The molecule has 5 nitrogen and oxygen atoms in total. The second-order valence-corrected chi connectivity index (χ2v) is 6.39. The smallest absolute Gasteiger partial charge is 0.228 e. The molecule has 3 rings (SSSR count). The number of carbonyl (C=O) groups is 1. The highest BCUT2D eigenvalue weighted by Crippen LogP contribution is 2.25. The Labute approximate surface area is 117 Å². The molecule has 104 valence electrons. The predicted molar refractivity (Wildman–Crippen MR) is 77.4 cm³/mol. The van der Waals surface area contributed by atoms with Gasteiger partial charge in [-0.3, -0.25) is 9.48 Å². The molecule has 0 bridgehead atoms. The molecule has 0 spiro atoms. The fourth-order valence-electron chi connectivity index (χ4n) is 2.66. The van der Waals surface area contributed by atoms with Crippen LogP contribution in [0.2, 0.25) is 0 Å². The number of amides is 1. The molecule has 6 heteroatoms. The van der Waals surface area contributed by atoms with Crippen LogP contribution in [0.25, 0.3) is 0 Å². The number of nitrogens with one attached hydrogen (secondary N) is 2. The quantitative estimate of drug-likeness (QED) is 0.881. The van der Waals surface area contributed by atoms with Gasteiger partial charge in [-0.25, -0.2) is 0 Å². The Morgan fingerprint density at radius 2 is 2.26 bits per heavy atom. The average molecular weight is 280 g/mol. The van der Waals surface area contributed by atoms with Gasteiger partial charge in [-0.1, -0.05) is 0 Å². The number of aromatic nitrogens is 2. The maximum absolute atomic E-state index is 12.0. The van der Waals surface area contributed by atoms with Crippen molar-refractivity contribution in [3.63, 3.8) is 0 Å². The number of carbonyl (C=O) groups excluding carboxylic acids is 1. The third-order valence-corrected chi connectivity index (χ3v) is 5.01. The maximum Gasteiger partial charge on any atom is 0.228 e. The topological polar surface area (TPSA) is 59.0 Å². The maximum atomic E-state index is 12.0. The highest BCUT2D eigenvalue weighted by atomic mass is 32.2. The minimum atomic E-state index is 0.148. The largest absolute Gasteiger partial charge is 0.323 e. The van der Waals surface area contributed by atoms with Crippen molar-refractivity contribution in [2.45, 2.75) is 25.3 Å². The van der Waals surface area contributed by atoms with Crippen molar-refractivity contribution < 1.29 is 4.79 Å². The summed E-state index contributed by atoms with van der Waals surface area (Å²) in [5.74, 6) is 2.38. The minimum Gasteiger partial charge on any atom is -0.323 e. The molecule has 2 aliphatic heterocycles. The summed E-state index contributed by atoms with van der Waals surface area (Å²) in [6, 6.07) is 0.467. The van der Waals surface area contributed by atoms with Gasteiger partial charge in [0.15, 0.2) is 0 Å². The van der Waals surface area contributed by atoms with Gasteiger partial charge in [-0.05, 0) is 38.1 Å². The van der Waals surface area contributed by atoms with E-state index >= 15 is 0 Å². The summed E-state index contributed by atoms with van der Waals surface area (Å²) >= 11 is 1.86. The van der Waals surface area contributed by atoms with Crippen LogP contribution in [0.1, 0.15) is 25.3 Å². The zero-order valence-corrected chi connectivity index (χ0v) is 11.8. The first kappa shape index (κ1) is 13.0. The zero-order valence-electron chi connectivity index (χ0n) is 11.0. The van der Waals surface area contributed by atoms with Crippen LogP contribution in [-0.4, -0.2) is 40.3 Å². The molecular formula is C13H20N4OS. The summed E-state index contributed by atoms with van der Waals surface area (Å²) < 4.78 is 2.00. The number of thioether (sulfide) groups is 1. The van der Waals surface area contributed by atoms with E-state index in [9.17, 15) is 4.79 Å². The molecule has 2 N–H and O–H groups in total. The molecule has 1 amide bonds. The number of hydrogen-bond donors (Lipinski definition) is 2. The van der Waals surface area contributed by atoms with E-state index in [-0.39, 0.29) is 11.8 Å². The van der Waals surface area contributed by atoms with Gasteiger partial charge in [0.25, 0.3) is 0 Å². The first-order valence-corrected chi connectivity index (χ1v) is 8.12. The van der Waals surface area contributed by atoms with Gasteiger partial charge in [0.1, 0.15) is 0 Å². The Hall–Kier alpha value is -1.01. The van der Waals surface area contributed by atoms with Gasteiger partial charge >= 0.3 is 0 Å². The van der Waals surface area contributed by atoms with E-state index in [1.807, 2.05) is 22.6 Å². The molecule has 0 saturated carbocycles. The van der Waals surface area contributed by atoms with Crippen LogP contribution in [0.15, 0.2) is 12.4 Å². The summed E-state index contributed by atoms with van der Waals surface area (Å²) in [6.07, 6.45) is 6.94. The van der Waals surface area contributed by atoms with Crippen LogP contribution in [0.4, 0.5) is 5.69 Å². The highest BCUT2D eigenvalue weighted by molar-refractivity contribution is 7.99.